The lowest BCUT2D eigenvalue weighted by atomic mass is 10.1. The zero-order valence-electron chi connectivity index (χ0n) is 17.9. The lowest BCUT2D eigenvalue weighted by Crippen LogP contribution is -2.44. The Bertz CT molecular complexity index is 1100. The summed E-state index contributed by atoms with van der Waals surface area (Å²) in [6.45, 7) is 2.05. The number of H-pyrrole nitrogens is 1. The van der Waals surface area contributed by atoms with E-state index in [-0.39, 0.29) is 11.9 Å². The molecule has 0 unspecified atom stereocenters. The van der Waals surface area contributed by atoms with Crippen molar-refractivity contribution in [2.24, 2.45) is 0 Å². The van der Waals surface area contributed by atoms with E-state index in [2.05, 4.69) is 22.4 Å². The Labute approximate surface area is 187 Å². The summed E-state index contributed by atoms with van der Waals surface area (Å²) < 4.78 is 0. The standard InChI is InChI=1S/C25H28N4O3/c30-24(28-32)12-11-18-7-9-19(10-8-18)17-29(25(31)23-6-3-14-26-23)15-13-20-16-27-22-5-2-1-4-21(20)22/h1-2,4-5,7-12,16,23,26-27,32H,3,6,13-15,17H2,(H,28,30)/b12-11+/t23-/m1/s1. The van der Waals surface area contributed by atoms with Crippen molar-refractivity contribution in [2.75, 3.05) is 13.1 Å². The third kappa shape index (κ3) is 5.25. The minimum atomic E-state index is -0.577. The molecule has 0 spiro atoms. The predicted molar refractivity (Wildman–Crippen MR) is 124 cm³/mol. The van der Waals surface area contributed by atoms with Gasteiger partial charge in [-0.15, -0.1) is 0 Å². The van der Waals surface area contributed by atoms with Gasteiger partial charge in [0.2, 0.25) is 5.91 Å². The first kappa shape index (κ1) is 21.8. The highest BCUT2D eigenvalue weighted by molar-refractivity contribution is 5.90. The molecule has 1 aliphatic rings. The lowest BCUT2D eigenvalue weighted by Gasteiger charge is -2.26. The number of amides is 2. The van der Waals surface area contributed by atoms with Crippen molar-refractivity contribution in [3.05, 3.63) is 77.5 Å². The van der Waals surface area contributed by atoms with Crippen molar-refractivity contribution in [3.8, 4) is 0 Å². The number of carbonyl (C=O) groups is 2. The maximum absolute atomic E-state index is 13.2. The number of carbonyl (C=O) groups excluding carboxylic acids is 2. The molecule has 32 heavy (non-hydrogen) atoms. The summed E-state index contributed by atoms with van der Waals surface area (Å²) in [6.07, 6.45) is 7.59. The molecule has 0 bridgehead atoms. The number of nitrogens with zero attached hydrogens (tertiary/aromatic N) is 1. The number of para-hydroxylation sites is 1. The molecule has 0 radical (unpaired) electrons. The monoisotopic (exact) mass is 432 g/mol. The van der Waals surface area contributed by atoms with E-state index in [0.29, 0.717) is 13.1 Å². The molecule has 3 aromatic rings. The largest absolute Gasteiger partial charge is 0.361 e. The highest BCUT2D eigenvalue weighted by Crippen LogP contribution is 2.20. The molecule has 1 aromatic heterocycles. The van der Waals surface area contributed by atoms with Crippen molar-refractivity contribution in [1.82, 2.24) is 20.7 Å². The van der Waals surface area contributed by atoms with Gasteiger partial charge in [-0.05, 0) is 54.6 Å². The van der Waals surface area contributed by atoms with Crippen LogP contribution in [-0.4, -0.2) is 46.0 Å². The van der Waals surface area contributed by atoms with Gasteiger partial charge in [0, 0.05) is 36.3 Å². The van der Waals surface area contributed by atoms with Crippen LogP contribution in [0, 0.1) is 0 Å². The van der Waals surface area contributed by atoms with Crippen molar-refractivity contribution in [1.29, 1.82) is 0 Å². The second-order valence-electron chi connectivity index (χ2n) is 8.07. The molecule has 166 valence electrons. The van der Waals surface area contributed by atoms with Crippen LogP contribution in [0.2, 0.25) is 0 Å². The average Bonchev–Trinajstić information content (AvgIpc) is 3.51. The highest BCUT2D eigenvalue weighted by atomic mass is 16.5. The molecule has 4 N–H and O–H groups in total. The topological polar surface area (TPSA) is 97.5 Å². The van der Waals surface area contributed by atoms with Crippen molar-refractivity contribution in [3.63, 3.8) is 0 Å². The third-order valence-electron chi connectivity index (χ3n) is 5.89. The maximum Gasteiger partial charge on any atom is 0.267 e. The van der Waals surface area contributed by atoms with E-state index < -0.39 is 5.91 Å². The minimum Gasteiger partial charge on any atom is -0.361 e. The molecule has 2 heterocycles. The van der Waals surface area contributed by atoms with Crippen LogP contribution in [0.1, 0.15) is 29.5 Å². The molecule has 2 amide bonds. The number of rotatable bonds is 8. The molecular formula is C25H28N4O3. The molecule has 1 atom stereocenters. The van der Waals surface area contributed by atoms with Crippen LogP contribution in [0.5, 0.6) is 0 Å². The fourth-order valence-electron chi connectivity index (χ4n) is 4.14. The van der Waals surface area contributed by atoms with Gasteiger partial charge in [0.15, 0.2) is 0 Å². The molecule has 0 aliphatic carbocycles. The first-order valence-corrected chi connectivity index (χ1v) is 10.9. The van der Waals surface area contributed by atoms with Crippen LogP contribution < -0.4 is 10.8 Å². The zero-order chi connectivity index (χ0) is 22.3. The molecular weight excluding hydrogens is 404 g/mol. The van der Waals surface area contributed by atoms with Gasteiger partial charge in [-0.25, -0.2) is 5.48 Å². The Kier molecular flexibility index (Phi) is 6.99. The van der Waals surface area contributed by atoms with Gasteiger partial charge < -0.3 is 15.2 Å². The lowest BCUT2D eigenvalue weighted by molar-refractivity contribution is -0.133. The summed E-state index contributed by atoms with van der Waals surface area (Å²) in [5.74, 6) is -0.432. The van der Waals surface area contributed by atoms with E-state index in [0.717, 1.165) is 42.5 Å². The van der Waals surface area contributed by atoms with E-state index in [1.165, 1.54) is 17.0 Å². The predicted octanol–water partition coefficient (Wildman–Crippen LogP) is 3.01. The Morgan fingerprint density at radius 2 is 1.97 bits per heavy atom. The molecule has 7 nitrogen and oxygen atoms in total. The highest BCUT2D eigenvalue weighted by Gasteiger charge is 2.27. The van der Waals surface area contributed by atoms with Gasteiger partial charge in [0.05, 0.1) is 6.04 Å². The number of hydroxylamine groups is 1. The van der Waals surface area contributed by atoms with E-state index in [9.17, 15) is 9.59 Å². The van der Waals surface area contributed by atoms with Crippen molar-refractivity contribution < 1.29 is 14.8 Å². The van der Waals surface area contributed by atoms with Crippen LogP contribution in [0.25, 0.3) is 17.0 Å². The molecule has 4 rings (SSSR count). The quantitative estimate of drug-likeness (QED) is 0.250. The van der Waals surface area contributed by atoms with Gasteiger partial charge in [-0.1, -0.05) is 42.5 Å². The third-order valence-corrected chi connectivity index (χ3v) is 5.89. The van der Waals surface area contributed by atoms with Crippen LogP contribution in [-0.2, 0) is 22.6 Å². The van der Waals surface area contributed by atoms with Crippen LogP contribution >= 0.6 is 0 Å². The molecule has 2 aromatic carbocycles. The SMILES string of the molecule is O=C(/C=C/c1ccc(CN(CCc2c[nH]c3ccccc23)C(=O)[C@H]2CCCN2)cc1)NO. The molecule has 7 heteroatoms. The summed E-state index contributed by atoms with van der Waals surface area (Å²) in [5.41, 5.74) is 5.75. The van der Waals surface area contributed by atoms with Gasteiger partial charge in [0.1, 0.15) is 0 Å². The van der Waals surface area contributed by atoms with E-state index >= 15 is 0 Å². The number of nitrogens with one attached hydrogen (secondary N) is 3. The van der Waals surface area contributed by atoms with Gasteiger partial charge in [0.25, 0.3) is 5.91 Å². The summed E-state index contributed by atoms with van der Waals surface area (Å²) in [6, 6.07) is 15.8. The number of fused-ring (bicyclic) bond motifs is 1. The van der Waals surface area contributed by atoms with E-state index in [1.807, 2.05) is 47.5 Å². The van der Waals surface area contributed by atoms with Gasteiger partial charge in [-0.2, -0.15) is 0 Å². The van der Waals surface area contributed by atoms with E-state index in [4.69, 9.17) is 5.21 Å². The van der Waals surface area contributed by atoms with E-state index in [1.54, 1.807) is 11.6 Å². The number of aromatic nitrogens is 1. The molecule has 1 saturated heterocycles. The Balaban J connectivity index is 1.47. The summed E-state index contributed by atoms with van der Waals surface area (Å²) in [5, 5.41) is 13.1. The molecule has 1 fully saturated rings. The normalized spacial score (nSPS) is 16.0. The summed E-state index contributed by atoms with van der Waals surface area (Å²) in [7, 11) is 0. The second-order valence-corrected chi connectivity index (χ2v) is 8.07. The van der Waals surface area contributed by atoms with Crippen molar-refractivity contribution in [2.45, 2.75) is 31.8 Å². The molecule has 1 aliphatic heterocycles. The summed E-state index contributed by atoms with van der Waals surface area (Å²) in [4.78, 5) is 29.6. The smallest absolute Gasteiger partial charge is 0.267 e. The van der Waals surface area contributed by atoms with Crippen molar-refractivity contribution >= 4 is 28.8 Å². The van der Waals surface area contributed by atoms with Crippen LogP contribution in [0.4, 0.5) is 0 Å². The average molecular weight is 433 g/mol. The Hall–Kier alpha value is -3.42. The fourth-order valence-corrected chi connectivity index (χ4v) is 4.14. The number of benzene rings is 2. The Morgan fingerprint density at radius 3 is 2.72 bits per heavy atom. The number of aromatic amines is 1. The molecule has 0 saturated carbocycles. The first-order valence-electron chi connectivity index (χ1n) is 10.9. The Morgan fingerprint density at radius 1 is 1.16 bits per heavy atom. The van der Waals surface area contributed by atoms with Gasteiger partial charge >= 0.3 is 0 Å². The van der Waals surface area contributed by atoms with Gasteiger partial charge in [-0.3, -0.25) is 14.8 Å². The maximum atomic E-state index is 13.2. The summed E-state index contributed by atoms with van der Waals surface area (Å²) >= 11 is 0. The van der Waals surface area contributed by atoms with Crippen LogP contribution in [0.15, 0.2) is 60.8 Å². The first-order chi connectivity index (χ1) is 15.6. The second kappa shape index (κ2) is 10.3. The number of hydrogen-bond donors (Lipinski definition) is 4. The fraction of sp³-hybridized carbons (Fsp3) is 0.280. The zero-order valence-corrected chi connectivity index (χ0v) is 17.9. The van der Waals surface area contributed by atoms with Crippen LogP contribution in [0.3, 0.4) is 0 Å². The number of hydrogen-bond acceptors (Lipinski definition) is 4. The minimum absolute atomic E-state index is 0.114.